The van der Waals surface area contributed by atoms with Crippen LogP contribution in [0, 0.1) is 0 Å². The van der Waals surface area contributed by atoms with E-state index in [0.29, 0.717) is 13.0 Å². The zero-order valence-electron chi connectivity index (χ0n) is 12.4. The molecule has 0 saturated carbocycles. The van der Waals surface area contributed by atoms with E-state index in [1.165, 1.54) is 29.5 Å². The molecule has 0 atom stereocenters. The third-order valence-electron chi connectivity index (χ3n) is 3.04. The molecule has 3 N–H and O–H groups in total. The fourth-order valence-electron chi connectivity index (χ4n) is 1.85. The molecule has 1 aromatic carbocycles. The van der Waals surface area contributed by atoms with Crippen LogP contribution in [-0.2, 0) is 16.6 Å². The van der Waals surface area contributed by atoms with Crippen molar-refractivity contribution in [1.82, 2.24) is 10.0 Å². The van der Waals surface area contributed by atoms with Crippen LogP contribution >= 0.6 is 11.3 Å². The van der Waals surface area contributed by atoms with Crippen LogP contribution in [0.4, 0.5) is 0 Å². The van der Waals surface area contributed by atoms with Crippen LogP contribution in [0.2, 0.25) is 0 Å². The number of aliphatic hydroxyl groups excluding tert-OH is 1. The van der Waals surface area contributed by atoms with Crippen molar-refractivity contribution in [2.24, 2.45) is 0 Å². The lowest BCUT2D eigenvalue weighted by atomic mass is 10.2. The minimum atomic E-state index is -3.68. The van der Waals surface area contributed by atoms with Gasteiger partial charge < -0.3 is 10.4 Å². The molecule has 2 aromatic rings. The highest BCUT2D eigenvalue weighted by molar-refractivity contribution is 7.89. The fraction of sp³-hybridized carbons (Fsp3) is 0.267. The summed E-state index contributed by atoms with van der Waals surface area (Å²) in [5.74, 6) is -0.367. The number of nitrogens with one attached hydrogen (secondary N) is 2. The average molecular weight is 354 g/mol. The summed E-state index contributed by atoms with van der Waals surface area (Å²) in [7, 11) is -3.68. The number of amides is 1. The largest absolute Gasteiger partial charge is 0.396 e. The Labute approximate surface area is 139 Å². The van der Waals surface area contributed by atoms with Gasteiger partial charge in [-0.2, -0.15) is 0 Å². The molecule has 1 aromatic heterocycles. The second kappa shape index (κ2) is 8.21. The lowest BCUT2D eigenvalue weighted by molar-refractivity contribution is 0.0951. The highest BCUT2D eigenvalue weighted by atomic mass is 32.2. The topological polar surface area (TPSA) is 95.5 Å². The molecule has 23 heavy (non-hydrogen) atoms. The van der Waals surface area contributed by atoms with Gasteiger partial charge in [-0.3, -0.25) is 4.79 Å². The SMILES string of the molecule is O=C(NCCCO)c1cccc(S(=O)(=O)NCc2cccs2)c1. The van der Waals surface area contributed by atoms with E-state index >= 15 is 0 Å². The Hall–Kier alpha value is -1.74. The van der Waals surface area contributed by atoms with Gasteiger partial charge in [0.1, 0.15) is 0 Å². The van der Waals surface area contributed by atoms with Crippen molar-refractivity contribution in [2.75, 3.05) is 13.2 Å². The Kier molecular flexibility index (Phi) is 6.28. The number of aliphatic hydroxyl groups is 1. The number of rotatable bonds is 8. The zero-order chi connectivity index (χ0) is 16.7. The maximum atomic E-state index is 12.3. The van der Waals surface area contributed by atoms with E-state index in [2.05, 4.69) is 10.0 Å². The first-order valence-corrected chi connectivity index (χ1v) is 9.40. The van der Waals surface area contributed by atoms with Crippen molar-refractivity contribution >= 4 is 27.3 Å². The molecule has 0 aliphatic heterocycles. The lowest BCUT2D eigenvalue weighted by Crippen LogP contribution is -2.26. The first-order chi connectivity index (χ1) is 11.0. The van der Waals surface area contributed by atoms with E-state index in [-0.39, 0.29) is 29.5 Å². The number of benzene rings is 1. The smallest absolute Gasteiger partial charge is 0.251 e. The summed E-state index contributed by atoms with van der Waals surface area (Å²) in [5, 5.41) is 13.2. The third kappa shape index (κ3) is 5.14. The summed E-state index contributed by atoms with van der Waals surface area (Å²) >= 11 is 1.47. The molecule has 0 saturated heterocycles. The van der Waals surface area contributed by atoms with Crippen molar-refractivity contribution in [1.29, 1.82) is 0 Å². The number of thiophene rings is 1. The Morgan fingerprint density at radius 2 is 2.04 bits per heavy atom. The molecule has 2 rings (SSSR count). The highest BCUT2D eigenvalue weighted by Crippen LogP contribution is 2.14. The quantitative estimate of drug-likeness (QED) is 0.624. The molecular weight excluding hydrogens is 336 g/mol. The molecule has 0 spiro atoms. The molecule has 1 heterocycles. The number of carbonyl (C=O) groups excluding carboxylic acids is 1. The van der Waals surface area contributed by atoms with Crippen LogP contribution in [0.15, 0.2) is 46.7 Å². The number of hydrogen-bond donors (Lipinski definition) is 3. The summed E-state index contributed by atoms with van der Waals surface area (Å²) in [4.78, 5) is 12.9. The van der Waals surface area contributed by atoms with Gasteiger partial charge in [0.05, 0.1) is 4.90 Å². The van der Waals surface area contributed by atoms with Crippen molar-refractivity contribution < 1.29 is 18.3 Å². The number of hydrogen-bond acceptors (Lipinski definition) is 5. The van der Waals surface area contributed by atoms with E-state index in [0.717, 1.165) is 4.88 Å². The highest BCUT2D eigenvalue weighted by Gasteiger charge is 2.16. The van der Waals surface area contributed by atoms with Gasteiger partial charge in [0.15, 0.2) is 0 Å². The molecule has 8 heteroatoms. The summed E-state index contributed by atoms with van der Waals surface area (Å²) in [5.41, 5.74) is 0.266. The average Bonchev–Trinajstić information content (AvgIpc) is 3.07. The molecule has 1 amide bonds. The van der Waals surface area contributed by atoms with E-state index in [9.17, 15) is 13.2 Å². The summed E-state index contributed by atoms with van der Waals surface area (Å²) in [6, 6.07) is 9.56. The molecule has 0 radical (unpaired) electrons. The van der Waals surface area contributed by atoms with Crippen molar-refractivity contribution in [2.45, 2.75) is 17.9 Å². The Bertz CT molecular complexity index is 743. The van der Waals surface area contributed by atoms with Gasteiger partial charge in [0.25, 0.3) is 5.91 Å². The van der Waals surface area contributed by atoms with Crippen molar-refractivity contribution in [3.05, 3.63) is 52.2 Å². The third-order valence-corrected chi connectivity index (χ3v) is 5.32. The van der Waals surface area contributed by atoms with Gasteiger partial charge in [-0.15, -0.1) is 11.3 Å². The first-order valence-electron chi connectivity index (χ1n) is 7.04. The summed E-state index contributed by atoms with van der Waals surface area (Å²) in [6.07, 6.45) is 0.450. The monoisotopic (exact) mass is 354 g/mol. The van der Waals surface area contributed by atoms with Crippen LogP contribution in [-0.4, -0.2) is 32.6 Å². The van der Waals surface area contributed by atoms with Gasteiger partial charge in [0.2, 0.25) is 10.0 Å². The first kappa shape index (κ1) is 17.6. The Morgan fingerprint density at radius 1 is 1.22 bits per heavy atom. The van der Waals surface area contributed by atoms with Gasteiger partial charge >= 0.3 is 0 Å². The molecule has 124 valence electrons. The van der Waals surface area contributed by atoms with E-state index in [4.69, 9.17) is 5.11 Å². The predicted octanol–water partition coefficient (Wildman–Crippen LogP) is 1.34. The standard InChI is InChI=1S/C15H18N2O4S2/c18-8-3-7-16-15(19)12-4-1-6-14(10-12)23(20,21)17-11-13-5-2-9-22-13/h1-2,4-6,9-10,17-18H,3,7-8,11H2,(H,16,19). The molecule has 0 unspecified atom stereocenters. The summed E-state index contributed by atoms with van der Waals surface area (Å²) < 4.78 is 27.1. The molecule has 6 nitrogen and oxygen atoms in total. The Balaban J connectivity index is 2.06. The predicted molar refractivity (Wildman–Crippen MR) is 88.8 cm³/mol. The fourth-order valence-corrected chi connectivity index (χ4v) is 3.64. The minimum absolute atomic E-state index is 0.0126. The van der Waals surface area contributed by atoms with Crippen molar-refractivity contribution in [3.8, 4) is 0 Å². The summed E-state index contributed by atoms with van der Waals surface area (Å²) in [6.45, 7) is 0.539. The van der Waals surface area contributed by atoms with Crippen LogP contribution < -0.4 is 10.0 Å². The molecule has 0 aliphatic carbocycles. The number of carbonyl (C=O) groups is 1. The molecular formula is C15H18N2O4S2. The van der Waals surface area contributed by atoms with Crippen LogP contribution in [0.25, 0.3) is 0 Å². The van der Waals surface area contributed by atoms with Gasteiger partial charge in [-0.1, -0.05) is 12.1 Å². The lowest BCUT2D eigenvalue weighted by Gasteiger charge is -2.08. The normalized spacial score (nSPS) is 11.3. The van der Waals surface area contributed by atoms with Gasteiger partial charge in [0, 0.05) is 30.1 Å². The van der Waals surface area contributed by atoms with Crippen LogP contribution in [0.5, 0.6) is 0 Å². The van der Waals surface area contributed by atoms with E-state index < -0.39 is 10.0 Å². The van der Waals surface area contributed by atoms with Gasteiger partial charge in [-0.25, -0.2) is 13.1 Å². The van der Waals surface area contributed by atoms with Crippen LogP contribution in [0.1, 0.15) is 21.7 Å². The maximum Gasteiger partial charge on any atom is 0.251 e. The molecule has 0 fully saturated rings. The van der Waals surface area contributed by atoms with E-state index in [1.54, 1.807) is 6.07 Å². The zero-order valence-corrected chi connectivity index (χ0v) is 14.0. The molecule has 0 bridgehead atoms. The Morgan fingerprint density at radius 3 is 2.74 bits per heavy atom. The number of sulfonamides is 1. The van der Waals surface area contributed by atoms with Crippen LogP contribution in [0.3, 0.4) is 0 Å². The maximum absolute atomic E-state index is 12.3. The van der Waals surface area contributed by atoms with Gasteiger partial charge in [-0.05, 0) is 36.1 Å². The second-order valence-electron chi connectivity index (χ2n) is 4.76. The minimum Gasteiger partial charge on any atom is -0.396 e. The van der Waals surface area contributed by atoms with Crippen molar-refractivity contribution in [3.63, 3.8) is 0 Å². The van der Waals surface area contributed by atoms with E-state index in [1.807, 2.05) is 17.5 Å². The second-order valence-corrected chi connectivity index (χ2v) is 7.56. The molecule has 0 aliphatic rings.